The highest BCUT2D eigenvalue weighted by Gasteiger charge is 2.40. The van der Waals surface area contributed by atoms with Crippen LogP contribution in [0.15, 0.2) is 22.8 Å². The number of halogens is 1. The Morgan fingerprint density at radius 1 is 1.29 bits per heavy atom. The van der Waals surface area contributed by atoms with Gasteiger partial charge in [0.2, 0.25) is 0 Å². The second-order valence-electron chi connectivity index (χ2n) is 5.15. The van der Waals surface area contributed by atoms with E-state index < -0.39 is 0 Å². The van der Waals surface area contributed by atoms with Crippen molar-refractivity contribution in [3.63, 3.8) is 0 Å². The topological polar surface area (TPSA) is 19.4 Å². The zero-order valence-corrected chi connectivity index (χ0v) is 12.4. The Morgan fingerprint density at radius 3 is 2.47 bits per heavy atom. The van der Waals surface area contributed by atoms with E-state index >= 15 is 0 Å². The van der Waals surface area contributed by atoms with Crippen molar-refractivity contribution in [2.45, 2.75) is 24.8 Å². The fourth-order valence-electron chi connectivity index (χ4n) is 2.46. The largest absolute Gasteiger partial charge is 0.358 e. The monoisotopic (exact) mass is 297 g/mol. The molecule has 2 rings (SSSR count). The highest BCUT2D eigenvalue weighted by Crippen LogP contribution is 2.37. The summed E-state index contributed by atoms with van der Waals surface area (Å²) >= 11 is 3.42. The average molecular weight is 298 g/mol. The summed E-state index contributed by atoms with van der Waals surface area (Å²) in [6.45, 7) is 1.05. The molecule has 1 aromatic heterocycles. The maximum absolute atomic E-state index is 4.50. The van der Waals surface area contributed by atoms with Crippen molar-refractivity contribution < 1.29 is 0 Å². The number of hydrogen-bond acceptors (Lipinski definition) is 3. The molecule has 0 aliphatic heterocycles. The predicted octanol–water partition coefficient (Wildman–Crippen LogP) is 2.76. The summed E-state index contributed by atoms with van der Waals surface area (Å²) in [5.41, 5.74) is 0.346. The van der Waals surface area contributed by atoms with Crippen LogP contribution in [0, 0.1) is 0 Å². The molecule has 0 amide bonds. The Kier molecular flexibility index (Phi) is 3.73. The van der Waals surface area contributed by atoms with Gasteiger partial charge in [0.25, 0.3) is 0 Å². The molecule has 1 fully saturated rings. The van der Waals surface area contributed by atoms with Gasteiger partial charge in [-0.25, -0.2) is 4.98 Å². The van der Waals surface area contributed by atoms with Gasteiger partial charge in [0.1, 0.15) is 10.4 Å². The van der Waals surface area contributed by atoms with E-state index in [0.717, 1.165) is 17.0 Å². The highest BCUT2D eigenvalue weighted by molar-refractivity contribution is 9.10. The van der Waals surface area contributed by atoms with Gasteiger partial charge in [-0.1, -0.05) is 6.07 Å². The average Bonchev–Trinajstić information content (AvgIpc) is 2.22. The highest BCUT2D eigenvalue weighted by atomic mass is 79.9. The smallest absolute Gasteiger partial charge is 0.129 e. The van der Waals surface area contributed by atoms with Gasteiger partial charge in [-0.15, -0.1) is 0 Å². The number of anilines is 1. The van der Waals surface area contributed by atoms with Crippen LogP contribution in [-0.2, 0) is 0 Å². The van der Waals surface area contributed by atoms with Gasteiger partial charge < -0.3 is 9.80 Å². The number of nitrogens with zero attached hydrogens (tertiary/aromatic N) is 3. The van der Waals surface area contributed by atoms with Crippen LogP contribution in [0.3, 0.4) is 0 Å². The van der Waals surface area contributed by atoms with Crippen molar-refractivity contribution in [1.29, 1.82) is 0 Å². The Morgan fingerprint density at radius 2 is 2.00 bits per heavy atom. The molecule has 94 valence electrons. The lowest BCUT2D eigenvalue weighted by atomic mass is 9.75. The first-order valence-corrected chi connectivity index (χ1v) is 6.84. The quantitative estimate of drug-likeness (QED) is 0.797. The molecule has 1 aromatic rings. The number of hydrogen-bond donors (Lipinski definition) is 0. The third-order valence-corrected chi connectivity index (χ3v) is 4.30. The summed E-state index contributed by atoms with van der Waals surface area (Å²) in [6.07, 6.45) is 3.93. The summed E-state index contributed by atoms with van der Waals surface area (Å²) in [7, 11) is 6.49. The summed E-state index contributed by atoms with van der Waals surface area (Å²) in [4.78, 5) is 9.12. The molecule has 0 bridgehead atoms. The first-order valence-electron chi connectivity index (χ1n) is 6.05. The fraction of sp³-hybridized carbons (Fsp3) is 0.615. The van der Waals surface area contributed by atoms with Gasteiger partial charge in [0, 0.05) is 19.1 Å². The van der Waals surface area contributed by atoms with E-state index in [1.54, 1.807) is 0 Å². The standard InChI is InChI=1S/C13H20BrN3/c1-16(2)13(8-5-9-13)10-17(3)12-7-4-6-11(14)15-12/h4,6-7H,5,8-10H2,1-3H3. The van der Waals surface area contributed by atoms with Gasteiger partial charge in [0.05, 0.1) is 0 Å². The van der Waals surface area contributed by atoms with Crippen LogP contribution in [0.25, 0.3) is 0 Å². The molecule has 1 aliphatic carbocycles. The minimum Gasteiger partial charge on any atom is -0.358 e. The first-order chi connectivity index (χ1) is 8.03. The van der Waals surface area contributed by atoms with Crippen LogP contribution < -0.4 is 4.90 Å². The lowest BCUT2D eigenvalue weighted by Gasteiger charge is -2.49. The molecule has 0 saturated heterocycles. The zero-order valence-electron chi connectivity index (χ0n) is 10.8. The van der Waals surface area contributed by atoms with E-state index in [1.807, 2.05) is 12.1 Å². The number of likely N-dealkylation sites (N-methyl/N-ethyl adjacent to an activating group) is 2. The molecule has 0 radical (unpaired) electrons. The zero-order chi connectivity index (χ0) is 12.5. The van der Waals surface area contributed by atoms with Gasteiger partial charge in [-0.05, 0) is 61.4 Å². The summed E-state index contributed by atoms with van der Waals surface area (Å²) in [5, 5.41) is 0. The Hall–Kier alpha value is -0.610. The van der Waals surface area contributed by atoms with Crippen LogP contribution in [-0.4, -0.2) is 43.1 Å². The number of pyridine rings is 1. The number of aromatic nitrogens is 1. The predicted molar refractivity (Wildman–Crippen MR) is 75.5 cm³/mol. The van der Waals surface area contributed by atoms with Crippen LogP contribution in [0.2, 0.25) is 0 Å². The van der Waals surface area contributed by atoms with Crippen LogP contribution in [0.4, 0.5) is 5.82 Å². The van der Waals surface area contributed by atoms with Crippen LogP contribution in [0.5, 0.6) is 0 Å². The van der Waals surface area contributed by atoms with Crippen LogP contribution in [0.1, 0.15) is 19.3 Å². The maximum atomic E-state index is 4.50. The summed E-state index contributed by atoms with van der Waals surface area (Å²) in [6, 6.07) is 6.06. The molecule has 4 heteroatoms. The Balaban J connectivity index is 2.08. The Labute approximate surface area is 112 Å². The molecule has 1 heterocycles. The fourth-order valence-corrected chi connectivity index (χ4v) is 2.80. The van der Waals surface area contributed by atoms with Crippen molar-refractivity contribution >= 4 is 21.7 Å². The molecule has 17 heavy (non-hydrogen) atoms. The van der Waals surface area contributed by atoms with Crippen LogP contribution >= 0.6 is 15.9 Å². The van der Waals surface area contributed by atoms with E-state index in [-0.39, 0.29) is 0 Å². The van der Waals surface area contributed by atoms with E-state index in [9.17, 15) is 0 Å². The van der Waals surface area contributed by atoms with Crippen molar-refractivity contribution in [2.75, 3.05) is 32.6 Å². The minimum atomic E-state index is 0.346. The summed E-state index contributed by atoms with van der Waals surface area (Å²) in [5.74, 6) is 1.03. The third-order valence-electron chi connectivity index (χ3n) is 3.86. The molecule has 0 atom stereocenters. The number of rotatable bonds is 4. The molecule has 3 nitrogen and oxygen atoms in total. The Bertz CT molecular complexity index is 388. The molecule has 1 aliphatic rings. The molecule has 0 spiro atoms. The minimum absolute atomic E-state index is 0.346. The van der Waals surface area contributed by atoms with Gasteiger partial charge in [-0.3, -0.25) is 0 Å². The second-order valence-corrected chi connectivity index (χ2v) is 5.96. The molecular formula is C13H20BrN3. The SMILES string of the molecule is CN(CC1(N(C)C)CCC1)c1cccc(Br)n1. The maximum Gasteiger partial charge on any atom is 0.129 e. The van der Waals surface area contributed by atoms with Gasteiger partial charge in [0.15, 0.2) is 0 Å². The van der Waals surface area contributed by atoms with Gasteiger partial charge >= 0.3 is 0 Å². The lowest BCUT2D eigenvalue weighted by molar-refractivity contribution is 0.0682. The molecule has 1 saturated carbocycles. The van der Waals surface area contributed by atoms with Crippen molar-refractivity contribution in [1.82, 2.24) is 9.88 Å². The van der Waals surface area contributed by atoms with E-state index in [2.05, 4.69) is 57.9 Å². The van der Waals surface area contributed by atoms with Crippen molar-refractivity contribution in [3.05, 3.63) is 22.8 Å². The first kappa shape index (κ1) is 12.8. The van der Waals surface area contributed by atoms with Gasteiger partial charge in [-0.2, -0.15) is 0 Å². The van der Waals surface area contributed by atoms with E-state index in [0.29, 0.717) is 5.54 Å². The third kappa shape index (κ3) is 2.63. The van der Waals surface area contributed by atoms with E-state index in [1.165, 1.54) is 19.3 Å². The molecule has 0 N–H and O–H groups in total. The molecular weight excluding hydrogens is 278 g/mol. The lowest BCUT2D eigenvalue weighted by Crippen LogP contribution is -2.56. The van der Waals surface area contributed by atoms with E-state index in [4.69, 9.17) is 0 Å². The normalized spacial score (nSPS) is 17.9. The second kappa shape index (κ2) is 4.94. The molecule has 0 aromatic carbocycles. The summed E-state index contributed by atoms with van der Waals surface area (Å²) < 4.78 is 0.898. The van der Waals surface area contributed by atoms with Crippen molar-refractivity contribution in [3.8, 4) is 0 Å². The van der Waals surface area contributed by atoms with Crippen molar-refractivity contribution in [2.24, 2.45) is 0 Å². The molecule has 0 unspecified atom stereocenters.